The number of carbonyl (C=O) groups is 1. The number of benzene rings is 1. The van der Waals surface area contributed by atoms with Gasteiger partial charge in [-0.15, -0.1) is 0 Å². The highest BCUT2D eigenvalue weighted by atomic mass is 16.1. The van der Waals surface area contributed by atoms with Crippen molar-refractivity contribution < 1.29 is 4.79 Å². The Morgan fingerprint density at radius 2 is 2.18 bits per heavy atom. The van der Waals surface area contributed by atoms with Crippen LogP contribution < -0.4 is 5.32 Å². The summed E-state index contributed by atoms with van der Waals surface area (Å²) in [6, 6.07) is 9.60. The average Bonchev–Trinajstić information content (AvgIpc) is 2.63. The summed E-state index contributed by atoms with van der Waals surface area (Å²) in [6.07, 6.45) is 0.290. The molecule has 2 rings (SSSR count). The fourth-order valence-corrected chi connectivity index (χ4v) is 1.66. The van der Waals surface area contributed by atoms with E-state index in [1.807, 2.05) is 44.2 Å². The van der Waals surface area contributed by atoms with Crippen LogP contribution in [-0.4, -0.2) is 16.1 Å². The van der Waals surface area contributed by atoms with Crippen LogP contribution in [0.4, 0.5) is 5.69 Å². The van der Waals surface area contributed by atoms with Crippen molar-refractivity contribution in [1.82, 2.24) is 10.2 Å². The highest BCUT2D eigenvalue weighted by molar-refractivity contribution is 5.92. The van der Waals surface area contributed by atoms with Crippen LogP contribution in [0.3, 0.4) is 0 Å². The van der Waals surface area contributed by atoms with Crippen molar-refractivity contribution in [2.45, 2.75) is 20.3 Å². The van der Waals surface area contributed by atoms with E-state index in [0.717, 1.165) is 22.6 Å². The first kappa shape index (κ1) is 11.4. The molecule has 4 nitrogen and oxygen atoms in total. The van der Waals surface area contributed by atoms with Gasteiger partial charge in [0, 0.05) is 11.4 Å². The van der Waals surface area contributed by atoms with Crippen LogP contribution >= 0.6 is 0 Å². The summed E-state index contributed by atoms with van der Waals surface area (Å²) in [7, 11) is 0. The zero-order valence-electron chi connectivity index (χ0n) is 9.95. The van der Waals surface area contributed by atoms with E-state index in [1.54, 1.807) is 0 Å². The van der Waals surface area contributed by atoms with Gasteiger partial charge in [0.05, 0.1) is 12.1 Å². The van der Waals surface area contributed by atoms with Crippen LogP contribution in [0.2, 0.25) is 0 Å². The molecule has 0 spiro atoms. The molecular formula is C13H15N3O. The number of H-pyrrole nitrogens is 1. The third-order valence-corrected chi connectivity index (χ3v) is 2.40. The molecule has 0 saturated carbocycles. The van der Waals surface area contributed by atoms with Gasteiger partial charge in [-0.2, -0.15) is 5.10 Å². The number of aromatic nitrogens is 2. The van der Waals surface area contributed by atoms with E-state index < -0.39 is 0 Å². The van der Waals surface area contributed by atoms with Crippen molar-refractivity contribution in [3.8, 4) is 0 Å². The van der Waals surface area contributed by atoms with E-state index in [4.69, 9.17) is 0 Å². The van der Waals surface area contributed by atoms with Gasteiger partial charge in [0.1, 0.15) is 0 Å². The maximum Gasteiger partial charge on any atom is 0.230 e. The number of nitrogens with zero attached hydrogens (tertiary/aromatic N) is 1. The Hall–Kier alpha value is -2.10. The number of amides is 1. The first-order valence-electron chi connectivity index (χ1n) is 5.51. The number of anilines is 1. The lowest BCUT2D eigenvalue weighted by atomic mass is 10.2. The molecule has 0 radical (unpaired) electrons. The Bertz CT molecular complexity index is 531. The lowest BCUT2D eigenvalue weighted by Crippen LogP contribution is -2.14. The highest BCUT2D eigenvalue weighted by Gasteiger charge is 2.06. The Kier molecular flexibility index (Phi) is 3.23. The van der Waals surface area contributed by atoms with E-state index in [1.165, 1.54) is 0 Å². The maximum absolute atomic E-state index is 11.7. The van der Waals surface area contributed by atoms with Gasteiger partial charge in [0.2, 0.25) is 5.91 Å². The minimum atomic E-state index is -0.0536. The lowest BCUT2D eigenvalue weighted by molar-refractivity contribution is -0.115. The summed E-state index contributed by atoms with van der Waals surface area (Å²) in [5.41, 5.74) is 3.66. The molecule has 1 aromatic carbocycles. The first-order valence-corrected chi connectivity index (χ1v) is 5.51. The van der Waals surface area contributed by atoms with Crippen molar-refractivity contribution in [3.05, 3.63) is 47.3 Å². The van der Waals surface area contributed by atoms with E-state index in [2.05, 4.69) is 15.5 Å². The van der Waals surface area contributed by atoms with Gasteiger partial charge < -0.3 is 5.32 Å². The number of carbonyl (C=O) groups excluding carboxylic acids is 1. The molecule has 17 heavy (non-hydrogen) atoms. The number of nitrogens with one attached hydrogen (secondary N) is 2. The zero-order chi connectivity index (χ0) is 12.3. The van der Waals surface area contributed by atoms with Gasteiger partial charge in [0.15, 0.2) is 0 Å². The molecule has 1 heterocycles. The van der Waals surface area contributed by atoms with Crippen molar-refractivity contribution in [2.75, 3.05) is 5.32 Å². The molecule has 4 heteroatoms. The monoisotopic (exact) mass is 229 g/mol. The Morgan fingerprint density at radius 3 is 2.82 bits per heavy atom. The fraction of sp³-hybridized carbons (Fsp3) is 0.231. The molecule has 0 aliphatic carbocycles. The van der Waals surface area contributed by atoms with E-state index in [0.29, 0.717) is 0 Å². The largest absolute Gasteiger partial charge is 0.326 e. The number of hydrogen-bond acceptors (Lipinski definition) is 2. The van der Waals surface area contributed by atoms with Crippen LogP contribution in [0.1, 0.15) is 17.0 Å². The van der Waals surface area contributed by atoms with E-state index in [9.17, 15) is 4.79 Å². The van der Waals surface area contributed by atoms with Crippen molar-refractivity contribution in [1.29, 1.82) is 0 Å². The smallest absolute Gasteiger partial charge is 0.230 e. The Balaban J connectivity index is 1.98. The normalized spacial score (nSPS) is 10.2. The number of aromatic amines is 1. The van der Waals surface area contributed by atoms with Gasteiger partial charge in [-0.05, 0) is 37.6 Å². The van der Waals surface area contributed by atoms with E-state index in [-0.39, 0.29) is 12.3 Å². The summed E-state index contributed by atoms with van der Waals surface area (Å²) in [5.74, 6) is -0.0536. The summed E-state index contributed by atoms with van der Waals surface area (Å²) < 4.78 is 0. The molecule has 0 atom stereocenters. The molecular weight excluding hydrogens is 214 g/mol. The van der Waals surface area contributed by atoms with Crippen molar-refractivity contribution >= 4 is 11.6 Å². The average molecular weight is 229 g/mol. The minimum Gasteiger partial charge on any atom is -0.326 e. The molecule has 0 fully saturated rings. The second-order valence-electron chi connectivity index (χ2n) is 4.14. The summed E-state index contributed by atoms with van der Waals surface area (Å²) in [4.78, 5) is 11.7. The number of rotatable bonds is 3. The highest BCUT2D eigenvalue weighted by Crippen LogP contribution is 2.10. The number of aryl methyl sites for hydroxylation is 2. The first-order chi connectivity index (χ1) is 8.13. The third-order valence-electron chi connectivity index (χ3n) is 2.40. The standard InChI is InChI=1S/C13H15N3O/c1-9-4-3-5-11(6-9)14-13(17)8-12-7-10(2)15-16-12/h3-7H,8H2,1-2H3,(H,14,17)(H,15,16). The van der Waals surface area contributed by atoms with Gasteiger partial charge in [-0.3, -0.25) is 9.89 Å². The summed E-state index contributed by atoms with van der Waals surface area (Å²) in [5, 5.41) is 9.69. The lowest BCUT2D eigenvalue weighted by Gasteiger charge is -2.04. The fourth-order valence-electron chi connectivity index (χ4n) is 1.66. The van der Waals surface area contributed by atoms with Gasteiger partial charge in [0.25, 0.3) is 0 Å². The predicted octanol–water partition coefficient (Wildman–Crippen LogP) is 2.21. The predicted molar refractivity (Wildman–Crippen MR) is 66.8 cm³/mol. The van der Waals surface area contributed by atoms with Crippen molar-refractivity contribution in [3.63, 3.8) is 0 Å². The molecule has 0 bridgehead atoms. The van der Waals surface area contributed by atoms with Gasteiger partial charge in [-0.25, -0.2) is 0 Å². The minimum absolute atomic E-state index is 0.0536. The molecule has 0 aliphatic rings. The molecule has 1 aromatic heterocycles. The van der Waals surface area contributed by atoms with Gasteiger partial charge in [-0.1, -0.05) is 12.1 Å². The van der Waals surface area contributed by atoms with Crippen LogP contribution in [0.15, 0.2) is 30.3 Å². The Labute approximate surface area is 100 Å². The van der Waals surface area contributed by atoms with Crippen LogP contribution in [0.5, 0.6) is 0 Å². The van der Waals surface area contributed by atoms with Crippen LogP contribution in [0.25, 0.3) is 0 Å². The molecule has 0 saturated heterocycles. The quantitative estimate of drug-likeness (QED) is 0.847. The Morgan fingerprint density at radius 1 is 1.35 bits per heavy atom. The van der Waals surface area contributed by atoms with Crippen molar-refractivity contribution in [2.24, 2.45) is 0 Å². The number of hydrogen-bond donors (Lipinski definition) is 2. The van der Waals surface area contributed by atoms with Gasteiger partial charge >= 0.3 is 0 Å². The molecule has 2 N–H and O–H groups in total. The summed E-state index contributed by atoms with van der Waals surface area (Å²) in [6.45, 7) is 3.90. The third kappa shape index (κ3) is 3.17. The molecule has 2 aromatic rings. The second-order valence-corrected chi connectivity index (χ2v) is 4.14. The topological polar surface area (TPSA) is 57.8 Å². The maximum atomic E-state index is 11.7. The molecule has 1 amide bonds. The van der Waals surface area contributed by atoms with E-state index >= 15 is 0 Å². The molecule has 0 unspecified atom stereocenters. The summed E-state index contributed by atoms with van der Waals surface area (Å²) >= 11 is 0. The van der Waals surface area contributed by atoms with Crippen LogP contribution in [-0.2, 0) is 11.2 Å². The SMILES string of the molecule is Cc1cccc(NC(=O)Cc2cc(C)[nH]n2)c1. The zero-order valence-corrected chi connectivity index (χ0v) is 9.95. The molecule has 88 valence electrons. The second kappa shape index (κ2) is 4.82. The molecule has 0 aliphatic heterocycles. The van der Waals surface area contributed by atoms with Crippen LogP contribution in [0, 0.1) is 13.8 Å².